The fourth-order valence-corrected chi connectivity index (χ4v) is 7.33. The Hall–Kier alpha value is -2.96. The molecule has 0 aromatic heterocycles. The van der Waals surface area contributed by atoms with Crippen LogP contribution in [-0.2, 0) is 47.5 Å². The van der Waals surface area contributed by atoms with Gasteiger partial charge in [-0.1, -0.05) is 97.4 Å². The number of ether oxygens (including phenoxy) is 7. The van der Waals surface area contributed by atoms with Crippen molar-refractivity contribution < 1.29 is 52.3 Å². The molecule has 1 aliphatic rings. The monoisotopic (exact) mass is 894 g/mol. The first-order valence-corrected chi connectivity index (χ1v) is 25.3. The van der Waals surface area contributed by atoms with Gasteiger partial charge in [-0.3, -0.25) is 14.4 Å². The van der Waals surface area contributed by atoms with E-state index < -0.39 is 30.3 Å². The first kappa shape index (κ1) is 58.1. The van der Waals surface area contributed by atoms with Gasteiger partial charge in [0.05, 0.1) is 18.9 Å². The summed E-state index contributed by atoms with van der Waals surface area (Å²) in [6.07, 6.45) is 29.2. The third kappa shape index (κ3) is 35.0. The average Bonchev–Trinajstić information content (AvgIpc) is 3.29. The lowest BCUT2D eigenvalue weighted by Gasteiger charge is -2.31. The number of rotatable bonds is 41. The van der Waals surface area contributed by atoms with Gasteiger partial charge in [-0.05, 0) is 109 Å². The first-order valence-electron chi connectivity index (χ1n) is 25.3. The molecule has 0 spiro atoms. The Kier molecular flexibility index (Phi) is 38.5. The van der Waals surface area contributed by atoms with Crippen molar-refractivity contribution in [2.24, 2.45) is 11.8 Å². The highest BCUT2D eigenvalue weighted by Crippen LogP contribution is 2.18. The molecule has 1 rings (SSSR count). The van der Waals surface area contributed by atoms with Gasteiger partial charge in [0.1, 0.15) is 25.9 Å². The summed E-state index contributed by atoms with van der Waals surface area (Å²) < 4.78 is 39.9. The topological polar surface area (TPSA) is 136 Å². The highest BCUT2D eigenvalue weighted by atomic mass is 16.7. The van der Waals surface area contributed by atoms with Crippen LogP contribution in [0.2, 0.25) is 0 Å². The van der Waals surface area contributed by atoms with Crippen LogP contribution in [0, 0.1) is 11.8 Å². The van der Waals surface area contributed by atoms with E-state index >= 15 is 0 Å². The number of nitrogens with zero attached hydrogens (tertiary/aromatic N) is 1. The van der Waals surface area contributed by atoms with E-state index in [2.05, 4.69) is 63.8 Å². The molecule has 0 saturated carbocycles. The number of likely N-dealkylation sites (tertiary alicyclic amines) is 1. The number of esters is 3. The summed E-state index contributed by atoms with van der Waals surface area (Å²) in [4.78, 5) is 53.2. The summed E-state index contributed by atoms with van der Waals surface area (Å²) in [5, 5.41) is 0. The lowest BCUT2D eigenvalue weighted by Crippen LogP contribution is -2.37. The molecule has 0 N–H and O–H groups in total. The van der Waals surface area contributed by atoms with Crippen LogP contribution >= 0.6 is 0 Å². The molecular weight excluding hydrogens is 803 g/mol. The number of allylic oxidation sites excluding steroid dienone is 4. The Bertz CT molecular complexity index is 1170. The molecule has 1 fully saturated rings. The van der Waals surface area contributed by atoms with Crippen LogP contribution in [0.5, 0.6) is 0 Å². The van der Waals surface area contributed by atoms with Crippen molar-refractivity contribution in [2.75, 3.05) is 59.3 Å². The van der Waals surface area contributed by atoms with E-state index in [1.165, 1.54) is 32.1 Å². The molecule has 0 aromatic carbocycles. The number of carbonyl (C=O) groups is 4. The minimum Gasteiger partial charge on any atom is -0.465 e. The van der Waals surface area contributed by atoms with Crippen LogP contribution < -0.4 is 0 Å². The molecule has 0 amide bonds. The second kappa shape index (κ2) is 41.7. The number of piperidine rings is 1. The largest absolute Gasteiger partial charge is 0.508 e. The molecule has 12 heteroatoms. The lowest BCUT2D eigenvalue weighted by molar-refractivity contribution is -0.161. The Morgan fingerprint density at radius 2 is 1.19 bits per heavy atom. The molecule has 1 aliphatic heterocycles. The molecule has 0 bridgehead atoms. The summed E-state index contributed by atoms with van der Waals surface area (Å²) in [5.41, 5.74) is 0. The van der Waals surface area contributed by atoms with Crippen molar-refractivity contribution in [3.63, 3.8) is 0 Å². The molecule has 366 valence electrons. The normalized spacial score (nSPS) is 15.5. The van der Waals surface area contributed by atoms with Crippen LogP contribution in [0.3, 0.4) is 0 Å². The van der Waals surface area contributed by atoms with E-state index in [4.69, 9.17) is 33.2 Å². The highest BCUT2D eigenvalue weighted by molar-refractivity contribution is 5.70. The molecule has 0 aliphatic carbocycles. The standard InChI is InChI=1S/C51H91NO11/c1-6-11-14-17-20-24-31-46(9-4)63-49(55)33-26-23-25-32-47(53)59-41-45(43-62-51(56)61-40-44-30-29-36-52(10-5)39-44)42-60-48(54)34-35-50(57-37-27-21-18-15-12-7-2)58-38-28-22-19-16-13-8-3/h12-13,15-16,44-46,50H,6-11,14,17-43H2,1-5H3/b15-12-,16-13-. The van der Waals surface area contributed by atoms with Gasteiger partial charge < -0.3 is 38.1 Å². The predicted octanol–water partition coefficient (Wildman–Crippen LogP) is 12.0. The van der Waals surface area contributed by atoms with Crippen molar-refractivity contribution in [1.82, 2.24) is 4.90 Å². The second-order valence-corrected chi connectivity index (χ2v) is 17.1. The van der Waals surface area contributed by atoms with Gasteiger partial charge in [0.15, 0.2) is 6.29 Å². The van der Waals surface area contributed by atoms with E-state index in [1.54, 1.807) is 0 Å². The number of carbonyl (C=O) groups excluding carboxylic acids is 4. The molecular formula is C51H91NO11. The van der Waals surface area contributed by atoms with Crippen LogP contribution in [0.25, 0.3) is 0 Å². The Morgan fingerprint density at radius 3 is 1.81 bits per heavy atom. The van der Waals surface area contributed by atoms with Crippen molar-refractivity contribution in [3.05, 3.63) is 24.3 Å². The summed E-state index contributed by atoms with van der Waals surface area (Å²) in [6.45, 7) is 14.6. The van der Waals surface area contributed by atoms with E-state index in [1.807, 2.05) is 0 Å². The number of hydrogen-bond donors (Lipinski definition) is 0. The van der Waals surface area contributed by atoms with Crippen molar-refractivity contribution >= 4 is 24.1 Å². The fourth-order valence-electron chi connectivity index (χ4n) is 7.33. The van der Waals surface area contributed by atoms with Gasteiger partial charge in [0.2, 0.25) is 0 Å². The number of unbranched alkanes of at least 4 members (excludes halogenated alkanes) is 11. The van der Waals surface area contributed by atoms with E-state index in [-0.39, 0.29) is 57.3 Å². The van der Waals surface area contributed by atoms with Crippen molar-refractivity contribution in [3.8, 4) is 0 Å². The first-order chi connectivity index (χ1) is 30.7. The molecule has 3 atom stereocenters. The Labute approximate surface area is 383 Å². The highest BCUT2D eigenvalue weighted by Gasteiger charge is 2.23. The van der Waals surface area contributed by atoms with Crippen molar-refractivity contribution in [2.45, 2.75) is 208 Å². The smallest absolute Gasteiger partial charge is 0.465 e. The number of hydrogen-bond acceptors (Lipinski definition) is 12. The minimum absolute atomic E-state index is 0.0314. The molecule has 0 radical (unpaired) electrons. The van der Waals surface area contributed by atoms with Crippen molar-refractivity contribution in [1.29, 1.82) is 0 Å². The zero-order valence-corrected chi connectivity index (χ0v) is 40.6. The molecule has 63 heavy (non-hydrogen) atoms. The van der Waals surface area contributed by atoms with Crippen LogP contribution in [0.15, 0.2) is 24.3 Å². The van der Waals surface area contributed by atoms with E-state index in [9.17, 15) is 19.2 Å². The molecule has 12 nitrogen and oxygen atoms in total. The Balaban J connectivity index is 2.62. The Morgan fingerprint density at radius 1 is 0.603 bits per heavy atom. The summed E-state index contributed by atoms with van der Waals surface area (Å²) in [6, 6.07) is 0. The molecule has 1 heterocycles. The zero-order valence-electron chi connectivity index (χ0n) is 40.6. The van der Waals surface area contributed by atoms with Gasteiger partial charge in [-0.15, -0.1) is 0 Å². The summed E-state index contributed by atoms with van der Waals surface area (Å²) in [7, 11) is 0. The maximum absolute atomic E-state index is 13.0. The lowest BCUT2D eigenvalue weighted by atomic mass is 9.99. The van der Waals surface area contributed by atoms with E-state index in [0.29, 0.717) is 45.3 Å². The molecule has 1 saturated heterocycles. The fraction of sp³-hybridized carbons (Fsp3) is 0.843. The maximum Gasteiger partial charge on any atom is 0.508 e. The van der Waals surface area contributed by atoms with Gasteiger partial charge in [0, 0.05) is 44.9 Å². The van der Waals surface area contributed by atoms with Gasteiger partial charge in [0.25, 0.3) is 0 Å². The minimum atomic E-state index is -0.794. The second-order valence-electron chi connectivity index (χ2n) is 17.1. The summed E-state index contributed by atoms with van der Waals surface area (Å²) in [5.74, 6) is -1.36. The predicted molar refractivity (Wildman–Crippen MR) is 250 cm³/mol. The third-order valence-corrected chi connectivity index (χ3v) is 11.3. The van der Waals surface area contributed by atoms with Crippen LogP contribution in [-0.4, -0.2) is 101 Å². The van der Waals surface area contributed by atoms with Gasteiger partial charge in [-0.2, -0.15) is 0 Å². The quantitative estimate of drug-likeness (QED) is 0.0190. The molecule has 0 aromatic rings. The van der Waals surface area contributed by atoms with Crippen LogP contribution in [0.4, 0.5) is 4.79 Å². The SMILES string of the molecule is CC/C=C\CCCCOC(CCC(=O)OCC(COC(=O)CCCCCC(=O)OC(CC)CCCCCCCC)COC(=O)OCC1CCCN(CC)C1)OCCCC/C=C\CC. The maximum atomic E-state index is 13.0. The van der Waals surface area contributed by atoms with Crippen LogP contribution in [0.1, 0.15) is 195 Å². The van der Waals surface area contributed by atoms with Gasteiger partial charge >= 0.3 is 24.1 Å². The van der Waals surface area contributed by atoms with Gasteiger partial charge in [-0.25, -0.2) is 4.79 Å². The average molecular weight is 894 g/mol. The molecule has 3 unspecified atom stereocenters. The van der Waals surface area contributed by atoms with E-state index in [0.717, 1.165) is 103 Å². The third-order valence-electron chi connectivity index (χ3n) is 11.3. The summed E-state index contributed by atoms with van der Waals surface area (Å²) >= 11 is 0. The zero-order chi connectivity index (χ0) is 46.0.